The third-order valence-electron chi connectivity index (χ3n) is 2.56. The van der Waals surface area contributed by atoms with Crippen molar-refractivity contribution in [2.75, 3.05) is 12.8 Å². The molecule has 0 radical (unpaired) electrons. The Kier molecular flexibility index (Phi) is 5.73. The Labute approximate surface area is 127 Å². The quantitative estimate of drug-likeness (QED) is 0.353. The number of anilines is 1. The van der Waals surface area contributed by atoms with E-state index in [1.165, 1.54) is 0 Å². The van der Waals surface area contributed by atoms with Crippen molar-refractivity contribution in [1.29, 1.82) is 0 Å². The van der Waals surface area contributed by atoms with Gasteiger partial charge in [-0.2, -0.15) is 5.10 Å². The molecule has 0 aliphatic carbocycles. The zero-order chi connectivity index (χ0) is 16.9. The number of rotatable bonds is 3. The zero-order valence-corrected chi connectivity index (χ0v) is 13.4. The van der Waals surface area contributed by atoms with Gasteiger partial charge >= 0.3 is 5.95 Å². The van der Waals surface area contributed by atoms with Gasteiger partial charge in [0, 0.05) is 12.2 Å². The molecule has 2 aromatic heterocycles. The van der Waals surface area contributed by atoms with Crippen molar-refractivity contribution < 1.29 is 21.7 Å². The van der Waals surface area contributed by atoms with E-state index in [2.05, 4.69) is 19.5 Å². The minimum atomic E-state index is -4.41. The van der Waals surface area contributed by atoms with Crippen LogP contribution >= 0.6 is 0 Å². The SMILES string of the molecule is COS(=O)(=O)[O-].Cn1cc[n+](C)c1/N=N/c1cnn(C)c1N. The summed E-state index contributed by atoms with van der Waals surface area (Å²) in [4.78, 5) is 0. The molecule has 0 saturated heterocycles. The molecule has 12 heteroatoms. The summed E-state index contributed by atoms with van der Waals surface area (Å²) < 4.78 is 36.3. The van der Waals surface area contributed by atoms with Crippen LogP contribution in [0.15, 0.2) is 28.8 Å². The monoisotopic (exact) mass is 331 g/mol. The largest absolute Gasteiger partial charge is 0.726 e. The highest BCUT2D eigenvalue weighted by Gasteiger charge is 2.11. The molecule has 0 unspecified atom stereocenters. The lowest BCUT2D eigenvalue weighted by Gasteiger charge is -1.98. The first kappa shape index (κ1) is 17.7. The van der Waals surface area contributed by atoms with Gasteiger partial charge in [0.2, 0.25) is 10.4 Å². The number of aryl methyl sites for hydroxylation is 3. The molecule has 0 aliphatic heterocycles. The minimum absolute atomic E-state index is 0.501. The van der Waals surface area contributed by atoms with Crippen molar-refractivity contribution in [3.8, 4) is 0 Å². The average Bonchev–Trinajstić information content (AvgIpc) is 2.93. The van der Waals surface area contributed by atoms with Gasteiger partial charge in [-0.15, -0.1) is 0 Å². The second kappa shape index (κ2) is 7.11. The molecule has 11 nitrogen and oxygen atoms in total. The van der Waals surface area contributed by atoms with Crippen molar-refractivity contribution in [3.05, 3.63) is 18.6 Å². The maximum atomic E-state index is 9.22. The van der Waals surface area contributed by atoms with Crippen molar-refractivity contribution in [3.63, 3.8) is 0 Å². The lowest BCUT2D eigenvalue weighted by molar-refractivity contribution is -0.657. The second-order valence-electron chi connectivity index (χ2n) is 4.13. The fraction of sp³-hybridized carbons (Fsp3) is 0.400. The van der Waals surface area contributed by atoms with Gasteiger partial charge in [-0.25, -0.2) is 17.6 Å². The molecule has 0 saturated carbocycles. The fourth-order valence-electron chi connectivity index (χ4n) is 1.33. The third-order valence-corrected chi connectivity index (χ3v) is 2.97. The summed E-state index contributed by atoms with van der Waals surface area (Å²) in [5.41, 5.74) is 6.32. The van der Waals surface area contributed by atoms with Crippen molar-refractivity contribution in [2.45, 2.75) is 0 Å². The predicted molar refractivity (Wildman–Crippen MR) is 75.1 cm³/mol. The summed E-state index contributed by atoms with van der Waals surface area (Å²) in [7, 11) is 1.96. The number of hydrogen-bond donors (Lipinski definition) is 1. The Morgan fingerprint density at radius 1 is 1.41 bits per heavy atom. The third kappa shape index (κ3) is 4.91. The smallest absolute Gasteiger partial charge is 0.421 e. The molecule has 0 amide bonds. The Morgan fingerprint density at radius 2 is 2.00 bits per heavy atom. The van der Waals surface area contributed by atoms with Crippen molar-refractivity contribution in [1.82, 2.24) is 14.3 Å². The highest BCUT2D eigenvalue weighted by Crippen LogP contribution is 2.21. The van der Waals surface area contributed by atoms with E-state index in [0.29, 0.717) is 11.5 Å². The van der Waals surface area contributed by atoms with Crippen LogP contribution in [0.5, 0.6) is 0 Å². The van der Waals surface area contributed by atoms with Gasteiger partial charge in [0.25, 0.3) is 0 Å². The Balaban J connectivity index is 0.000000346. The topological polar surface area (TPSA) is 144 Å². The number of nitrogens with two attached hydrogens (primary N) is 1. The molecule has 0 atom stereocenters. The van der Waals surface area contributed by atoms with Gasteiger partial charge in [0.05, 0.1) is 39.8 Å². The number of aromatic nitrogens is 4. The van der Waals surface area contributed by atoms with Gasteiger partial charge in [0.1, 0.15) is 0 Å². The second-order valence-corrected chi connectivity index (χ2v) is 5.28. The zero-order valence-electron chi connectivity index (χ0n) is 12.5. The van der Waals surface area contributed by atoms with Crippen LogP contribution in [-0.2, 0) is 35.7 Å². The summed E-state index contributed by atoms with van der Waals surface area (Å²) in [6.45, 7) is 0. The van der Waals surface area contributed by atoms with Crippen molar-refractivity contribution in [2.24, 2.45) is 31.4 Å². The highest BCUT2D eigenvalue weighted by molar-refractivity contribution is 7.80. The van der Waals surface area contributed by atoms with Gasteiger partial charge in [-0.3, -0.25) is 8.86 Å². The van der Waals surface area contributed by atoms with Gasteiger partial charge in [0.15, 0.2) is 11.5 Å². The van der Waals surface area contributed by atoms with Crippen LogP contribution in [0.3, 0.4) is 0 Å². The van der Waals surface area contributed by atoms with Crippen LogP contribution in [0, 0.1) is 0 Å². The molecule has 0 spiro atoms. The van der Waals surface area contributed by atoms with Crippen LogP contribution in [0.1, 0.15) is 0 Å². The van der Waals surface area contributed by atoms with E-state index in [1.807, 2.05) is 35.6 Å². The van der Waals surface area contributed by atoms with E-state index in [-0.39, 0.29) is 0 Å². The predicted octanol–water partition coefficient (Wildman–Crippen LogP) is -0.326. The molecule has 2 rings (SSSR count). The van der Waals surface area contributed by atoms with Crippen LogP contribution in [0.4, 0.5) is 17.5 Å². The van der Waals surface area contributed by atoms with Crippen LogP contribution in [0.2, 0.25) is 0 Å². The molecular weight excluding hydrogens is 314 g/mol. The van der Waals surface area contributed by atoms with E-state index in [0.717, 1.165) is 13.1 Å². The summed E-state index contributed by atoms with van der Waals surface area (Å²) in [5.74, 6) is 1.24. The first-order valence-electron chi connectivity index (χ1n) is 5.87. The first-order valence-corrected chi connectivity index (χ1v) is 7.20. The molecule has 0 fully saturated rings. The maximum absolute atomic E-state index is 9.22. The normalized spacial score (nSPS) is 11.5. The summed E-state index contributed by atoms with van der Waals surface area (Å²) in [5, 5.41) is 12.2. The van der Waals surface area contributed by atoms with Crippen LogP contribution in [0.25, 0.3) is 0 Å². The van der Waals surface area contributed by atoms with E-state index in [4.69, 9.17) is 5.73 Å². The van der Waals surface area contributed by atoms with Crippen LogP contribution < -0.4 is 10.3 Å². The Morgan fingerprint density at radius 3 is 2.36 bits per heavy atom. The molecule has 0 aromatic carbocycles. The fourth-order valence-corrected chi connectivity index (χ4v) is 1.33. The van der Waals surface area contributed by atoms with Crippen LogP contribution in [-0.4, -0.2) is 34.4 Å². The molecule has 2 N–H and O–H groups in total. The lowest BCUT2D eigenvalue weighted by Crippen LogP contribution is -2.25. The lowest BCUT2D eigenvalue weighted by atomic mass is 10.5. The maximum Gasteiger partial charge on any atom is 0.421 e. The van der Waals surface area contributed by atoms with Gasteiger partial charge in [-0.1, -0.05) is 5.11 Å². The van der Waals surface area contributed by atoms with E-state index >= 15 is 0 Å². The minimum Gasteiger partial charge on any atom is -0.726 e. The molecule has 122 valence electrons. The van der Waals surface area contributed by atoms with Gasteiger partial charge in [-0.05, 0) is 0 Å². The molecule has 0 aliphatic rings. The Hall–Kier alpha value is -2.31. The molecular formula is C10H17N7O4S. The molecule has 2 heterocycles. The molecule has 0 bridgehead atoms. The number of hydrogen-bond acceptors (Lipinski definition) is 8. The van der Waals surface area contributed by atoms with E-state index in [9.17, 15) is 13.0 Å². The Bertz CT molecular complexity index is 743. The first-order chi connectivity index (χ1) is 10.2. The van der Waals surface area contributed by atoms with Gasteiger partial charge < -0.3 is 10.3 Å². The standard InChI is InChI=1S/C9H13N7.CH4O4S/c1-14-4-5-15(2)9(14)13-12-7-6-11-16(3)8(7)10;1-5-6(2,3)4/h4-6,10H,1-3H3;1H3,(H,2,3,4). The number of imidazole rings is 1. The molecule has 22 heavy (non-hydrogen) atoms. The average molecular weight is 331 g/mol. The highest BCUT2D eigenvalue weighted by atomic mass is 32.3. The van der Waals surface area contributed by atoms with E-state index in [1.54, 1.807) is 17.9 Å². The number of nitrogen functional groups attached to an aromatic ring is 1. The van der Waals surface area contributed by atoms with Crippen molar-refractivity contribution >= 4 is 27.9 Å². The molecule has 2 aromatic rings. The van der Waals surface area contributed by atoms with E-state index < -0.39 is 10.4 Å². The summed E-state index contributed by atoms with van der Waals surface area (Å²) in [6, 6.07) is 0. The number of azo groups is 1. The number of nitrogens with zero attached hydrogens (tertiary/aromatic N) is 6. The summed E-state index contributed by atoms with van der Waals surface area (Å²) >= 11 is 0. The summed E-state index contributed by atoms with van der Waals surface area (Å²) in [6.07, 6.45) is 5.39.